The summed E-state index contributed by atoms with van der Waals surface area (Å²) in [5, 5.41) is 3.03. The van der Waals surface area contributed by atoms with Crippen molar-refractivity contribution in [1.29, 1.82) is 0 Å². The van der Waals surface area contributed by atoms with Crippen LogP contribution in [-0.2, 0) is 4.74 Å². The monoisotopic (exact) mass is 227 g/mol. The lowest BCUT2D eigenvalue weighted by Crippen LogP contribution is -2.20. The molecule has 1 atom stereocenters. The maximum absolute atomic E-state index is 13.4. The number of anilines is 1. The molecular weight excluding hydrogens is 212 g/mol. The Hall–Kier alpha value is -1.16. The fourth-order valence-electron chi connectivity index (χ4n) is 1.88. The van der Waals surface area contributed by atoms with Crippen LogP contribution < -0.4 is 5.32 Å². The van der Waals surface area contributed by atoms with Gasteiger partial charge in [-0.2, -0.15) is 0 Å². The summed E-state index contributed by atoms with van der Waals surface area (Å²) in [6.45, 7) is 1.43. The molecule has 1 aliphatic rings. The Kier molecular flexibility index (Phi) is 3.72. The predicted molar refractivity (Wildman–Crippen MR) is 58.4 cm³/mol. The second-order valence-corrected chi connectivity index (χ2v) is 4.01. The fourth-order valence-corrected chi connectivity index (χ4v) is 1.88. The highest BCUT2D eigenvalue weighted by molar-refractivity contribution is 5.45. The SMILES string of the molecule is Fc1ccc(F)c(NC2CCCOCC2)c1. The standard InChI is InChI=1S/C12H15F2NO/c13-9-3-4-11(14)12(8-9)15-10-2-1-6-16-7-5-10/h3-4,8,10,15H,1-2,5-7H2. The van der Waals surface area contributed by atoms with Gasteiger partial charge < -0.3 is 10.1 Å². The lowest BCUT2D eigenvalue weighted by molar-refractivity contribution is 0.144. The van der Waals surface area contributed by atoms with Crippen molar-refractivity contribution in [3.05, 3.63) is 29.8 Å². The first-order valence-electron chi connectivity index (χ1n) is 5.55. The molecule has 2 rings (SSSR count). The first-order chi connectivity index (χ1) is 7.75. The number of hydrogen-bond acceptors (Lipinski definition) is 2. The Labute approximate surface area is 93.6 Å². The van der Waals surface area contributed by atoms with E-state index in [1.807, 2.05) is 0 Å². The number of halogens is 2. The zero-order chi connectivity index (χ0) is 11.4. The molecule has 88 valence electrons. The zero-order valence-electron chi connectivity index (χ0n) is 9.01. The molecule has 1 aromatic rings. The van der Waals surface area contributed by atoms with Gasteiger partial charge in [-0.25, -0.2) is 8.78 Å². The van der Waals surface area contributed by atoms with E-state index in [2.05, 4.69) is 5.32 Å². The van der Waals surface area contributed by atoms with Gasteiger partial charge in [-0.15, -0.1) is 0 Å². The van der Waals surface area contributed by atoms with Gasteiger partial charge in [-0.05, 0) is 37.5 Å². The predicted octanol–water partition coefficient (Wildman–Crippen LogP) is 2.95. The van der Waals surface area contributed by atoms with E-state index in [9.17, 15) is 8.78 Å². The van der Waals surface area contributed by atoms with E-state index < -0.39 is 11.6 Å². The van der Waals surface area contributed by atoms with Gasteiger partial charge in [0.25, 0.3) is 0 Å². The summed E-state index contributed by atoms with van der Waals surface area (Å²) in [4.78, 5) is 0. The van der Waals surface area contributed by atoms with Crippen molar-refractivity contribution in [3.8, 4) is 0 Å². The van der Waals surface area contributed by atoms with E-state index in [0.29, 0.717) is 6.61 Å². The molecule has 0 spiro atoms. The Morgan fingerprint density at radius 1 is 1.19 bits per heavy atom. The molecular formula is C12H15F2NO. The van der Waals surface area contributed by atoms with Crippen LogP contribution >= 0.6 is 0 Å². The van der Waals surface area contributed by atoms with Crippen molar-refractivity contribution >= 4 is 5.69 Å². The fraction of sp³-hybridized carbons (Fsp3) is 0.500. The average molecular weight is 227 g/mol. The van der Waals surface area contributed by atoms with Crippen LogP contribution in [0.1, 0.15) is 19.3 Å². The highest BCUT2D eigenvalue weighted by Gasteiger charge is 2.14. The molecule has 0 aliphatic carbocycles. The molecule has 1 aromatic carbocycles. The summed E-state index contributed by atoms with van der Waals surface area (Å²) in [6, 6.07) is 3.63. The van der Waals surface area contributed by atoms with Crippen LogP contribution in [0.2, 0.25) is 0 Å². The second kappa shape index (κ2) is 5.25. The van der Waals surface area contributed by atoms with Crippen LogP contribution in [-0.4, -0.2) is 19.3 Å². The summed E-state index contributed by atoms with van der Waals surface area (Å²) in [5.74, 6) is -0.833. The minimum absolute atomic E-state index is 0.166. The topological polar surface area (TPSA) is 21.3 Å². The second-order valence-electron chi connectivity index (χ2n) is 4.01. The third kappa shape index (κ3) is 2.92. The molecule has 4 heteroatoms. The third-order valence-electron chi connectivity index (χ3n) is 2.74. The molecule has 1 heterocycles. The van der Waals surface area contributed by atoms with E-state index in [1.165, 1.54) is 6.07 Å². The van der Waals surface area contributed by atoms with Crippen molar-refractivity contribution in [2.24, 2.45) is 0 Å². The van der Waals surface area contributed by atoms with Crippen LogP contribution in [0.4, 0.5) is 14.5 Å². The van der Waals surface area contributed by atoms with Gasteiger partial charge in [-0.1, -0.05) is 0 Å². The van der Waals surface area contributed by atoms with Crippen LogP contribution in [0, 0.1) is 11.6 Å². The third-order valence-corrected chi connectivity index (χ3v) is 2.74. The summed E-state index contributed by atoms with van der Waals surface area (Å²) in [5.41, 5.74) is 0.243. The molecule has 2 nitrogen and oxygen atoms in total. The Bertz CT molecular complexity index is 349. The maximum Gasteiger partial charge on any atom is 0.146 e. The minimum atomic E-state index is -0.422. The van der Waals surface area contributed by atoms with Gasteiger partial charge in [0.2, 0.25) is 0 Å². The van der Waals surface area contributed by atoms with Crippen LogP contribution in [0.5, 0.6) is 0 Å². The largest absolute Gasteiger partial charge is 0.381 e. The normalized spacial score (nSPS) is 21.5. The summed E-state index contributed by atoms with van der Waals surface area (Å²) in [6.07, 6.45) is 2.71. The van der Waals surface area contributed by atoms with E-state index in [4.69, 9.17) is 4.74 Å². The van der Waals surface area contributed by atoms with Crippen LogP contribution in [0.3, 0.4) is 0 Å². The molecule has 1 aliphatic heterocycles. The molecule has 0 bridgehead atoms. The van der Waals surface area contributed by atoms with E-state index >= 15 is 0 Å². The Morgan fingerprint density at radius 3 is 2.94 bits per heavy atom. The van der Waals surface area contributed by atoms with Crippen molar-refractivity contribution in [2.45, 2.75) is 25.3 Å². The van der Waals surface area contributed by atoms with Crippen molar-refractivity contribution in [3.63, 3.8) is 0 Å². The first kappa shape index (κ1) is 11.3. The smallest absolute Gasteiger partial charge is 0.146 e. The molecule has 1 unspecified atom stereocenters. The summed E-state index contributed by atoms with van der Waals surface area (Å²) in [7, 11) is 0. The van der Waals surface area contributed by atoms with Crippen LogP contribution in [0.15, 0.2) is 18.2 Å². The van der Waals surface area contributed by atoms with Crippen molar-refractivity contribution in [2.75, 3.05) is 18.5 Å². The van der Waals surface area contributed by atoms with Gasteiger partial charge in [0.1, 0.15) is 11.6 Å². The lowest BCUT2D eigenvalue weighted by Gasteiger charge is -2.17. The molecule has 1 saturated heterocycles. The summed E-state index contributed by atoms with van der Waals surface area (Å²) >= 11 is 0. The number of hydrogen-bond donors (Lipinski definition) is 1. The average Bonchev–Trinajstić information content (AvgIpc) is 2.52. The maximum atomic E-state index is 13.4. The van der Waals surface area contributed by atoms with E-state index in [-0.39, 0.29) is 11.7 Å². The number of ether oxygens (including phenoxy) is 1. The van der Waals surface area contributed by atoms with Gasteiger partial charge in [-0.3, -0.25) is 0 Å². The van der Waals surface area contributed by atoms with E-state index in [0.717, 1.165) is 38.0 Å². The molecule has 0 amide bonds. The van der Waals surface area contributed by atoms with E-state index in [1.54, 1.807) is 0 Å². The first-order valence-corrected chi connectivity index (χ1v) is 5.55. The molecule has 1 N–H and O–H groups in total. The quantitative estimate of drug-likeness (QED) is 0.838. The molecule has 0 saturated carbocycles. The van der Waals surface area contributed by atoms with Gasteiger partial charge in [0, 0.05) is 19.3 Å². The number of nitrogens with one attached hydrogen (secondary N) is 1. The molecule has 1 fully saturated rings. The number of rotatable bonds is 2. The Morgan fingerprint density at radius 2 is 2.06 bits per heavy atom. The zero-order valence-corrected chi connectivity index (χ0v) is 9.01. The molecule has 0 aromatic heterocycles. The van der Waals surface area contributed by atoms with Gasteiger partial charge in [0.15, 0.2) is 0 Å². The van der Waals surface area contributed by atoms with Gasteiger partial charge >= 0.3 is 0 Å². The van der Waals surface area contributed by atoms with Crippen molar-refractivity contribution in [1.82, 2.24) is 0 Å². The molecule has 16 heavy (non-hydrogen) atoms. The Balaban J connectivity index is 2.04. The summed E-state index contributed by atoms with van der Waals surface area (Å²) < 4.78 is 31.6. The minimum Gasteiger partial charge on any atom is -0.381 e. The number of benzene rings is 1. The van der Waals surface area contributed by atoms with Crippen molar-refractivity contribution < 1.29 is 13.5 Å². The highest BCUT2D eigenvalue weighted by atomic mass is 19.1. The van der Waals surface area contributed by atoms with Gasteiger partial charge in [0.05, 0.1) is 5.69 Å². The van der Waals surface area contributed by atoms with Crippen LogP contribution in [0.25, 0.3) is 0 Å². The highest BCUT2D eigenvalue weighted by Crippen LogP contribution is 2.19. The molecule has 0 radical (unpaired) electrons. The lowest BCUT2D eigenvalue weighted by atomic mass is 10.1.